The number of fused-ring (bicyclic) bond motifs is 6. The molecule has 0 aliphatic rings. The van der Waals surface area contributed by atoms with Gasteiger partial charge in [0.05, 0.1) is 0 Å². The van der Waals surface area contributed by atoms with Crippen molar-refractivity contribution < 1.29 is 0 Å². The predicted molar refractivity (Wildman–Crippen MR) is 139 cm³/mol. The quantitative estimate of drug-likeness (QED) is 0.153. The molecule has 3 heteroatoms. The van der Waals surface area contributed by atoms with Crippen LogP contribution in [0, 0.1) is 6.92 Å². The number of imidazole rings is 1. The molecule has 0 saturated carbocycles. The zero-order valence-corrected chi connectivity index (χ0v) is 22.7. The molecule has 4 rings (SSSR count). The van der Waals surface area contributed by atoms with E-state index in [1.54, 1.807) is 3.58 Å². The first-order valence-corrected chi connectivity index (χ1v) is 19.9. The van der Waals surface area contributed by atoms with Gasteiger partial charge in [-0.3, -0.25) is 0 Å². The Labute approximate surface area is 191 Å². The van der Waals surface area contributed by atoms with E-state index in [9.17, 15) is 0 Å². The van der Waals surface area contributed by atoms with Gasteiger partial charge in [0, 0.05) is 0 Å². The van der Waals surface area contributed by atoms with E-state index in [1.807, 2.05) is 0 Å². The average Bonchev–Trinajstić information content (AvgIpc) is 3.20. The molecular formula is C28H38N2Sn. The fraction of sp³-hybridized carbons (Fsp3) is 0.464. The summed E-state index contributed by atoms with van der Waals surface area (Å²) in [5, 5.41) is 4.26. The first kappa shape index (κ1) is 22.6. The van der Waals surface area contributed by atoms with Crippen LogP contribution in [0.2, 0.25) is 13.3 Å². The normalized spacial score (nSPS) is 12.4. The summed E-state index contributed by atoms with van der Waals surface area (Å²) in [6.07, 6.45) is 10.2. The Bertz CT molecular complexity index is 1150. The Morgan fingerprint density at radius 1 is 0.774 bits per heavy atom. The van der Waals surface area contributed by atoms with Gasteiger partial charge in [0.25, 0.3) is 0 Å². The van der Waals surface area contributed by atoms with Gasteiger partial charge in [0.1, 0.15) is 0 Å². The average molecular weight is 521 g/mol. The summed E-state index contributed by atoms with van der Waals surface area (Å²) in [5.41, 5.74) is 3.71. The number of pyridine rings is 1. The predicted octanol–water partition coefficient (Wildman–Crippen LogP) is 8.01. The van der Waals surface area contributed by atoms with Gasteiger partial charge in [-0.2, -0.15) is 0 Å². The molecule has 0 radical (unpaired) electrons. The Balaban J connectivity index is 2.09. The molecule has 31 heavy (non-hydrogen) atoms. The minimum atomic E-state index is -2.61. The number of hydrogen-bond donors (Lipinski definition) is 0. The van der Waals surface area contributed by atoms with Crippen molar-refractivity contribution in [2.24, 2.45) is 0 Å². The molecule has 2 aromatic carbocycles. The van der Waals surface area contributed by atoms with Crippen molar-refractivity contribution in [1.82, 2.24) is 9.38 Å². The van der Waals surface area contributed by atoms with Gasteiger partial charge in [-0.05, 0) is 0 Å². The van der Waals surface area contributed by atoms with E-state index in [-0.39, 0.29) is 0 Å². The van der Waals surface area contributed by atoms with Crippen LogP contribution >= 0.6 is 0 Å². The van der Waals surface area contributed by atoms with Crippen LogP contribution in [-0.2, 0) is 0 Å². The first-order chi connectivity index (χ1) is 15.2. The third kappa shape index (κ3) is 4.13. The van der Waals surface area contributed by atoms with Gasteiger partial charge in [0.2, 0.25) is 0 Å². The number of unbranched alkanes of at least 4 members (excludes halogenated alkanes) is 3. The van der Waals surface area contributed by atoms with E-state index < -0.39 is 18.4 Å². The molecule has 2 aromatic heterocycles. The first-order valence-electron chi connectivity index (χ1n) is 12.4. The number of nitrogens with zero attached hydrogens (tertiary/aromatic N) is 2. The Morgan fingerprint density at radius 3 is 2.03 bits per heavy atom. The molecule has 2 nitrogen and oxygen atoms in total. The van der Waals surface area contributed by atoms with Crippen LogP contribution in [-0.4, -0.2) is 27.8 Å². The van der Waals surface area contributed by atoms with Gasteiger partial charge in [-0.1, -0.05) is 0 Å². The molecule has 0 atom stereocenters. The monoisotopic (exact) mass is 522 g/mol. The molecule has 0 saturated heterocycles. The standard InChI is InChI=1S/C16H11N2.3C4H9.Sn/c1-11-10-17-16-14-8-3-2-6-12(14)13-7-4-5-9-15(13)18(11)16;3*1-3-4-2;/h2-7,9-10H,1H3;3*1,3-4H2,2H3;. The van der Waals surface area contributed by atoms with E-state index in [0.717, 1.165) is 0 Å². The molecule has 0 unspecified atom stereocenters. The molecular weight excluding hydrogens is 483 g/mol. The van der Waals surface area contributed by atoms with Gasteiger partial charge >= 0.3 is 193 Å². The summed E-state index contributed by atoms with van der Waals surface area (Å²) >= 11 is -2.61. The second-order valence-corrected chi connectivity index (χ2v) is 22.5. The summed E-state index contributed by atoms with van der Waals surface area (Å²) in [6, 6.07) is 16.1. The molecule has 4 aromatic rings. The molecule has 2 heterocycles. The number of para-hydroxylation sites is 1. The van der Waals surface area contributed by atoms with Crippen molar-refractivity contribution in [3.63, 3.8) is 0 Å². The summed E-state index contributed by atoms with van der Waals surface area (Å²) in [4.78, 5) is 5.01. The van der Waals surface area contributed by atoms with Crippen LogP contribution < -0.4 is 3.58 Å². The Kier molecular flexibility index (Phi) is 7.25. The van der Waals surface area contributed by atoms with Crippen LogP contribution in [0.1, 0.15) is 65.0 Å². The zero-order chi connectivity index (χ0) is 21.8. The van der Waals surface area contributed by atoms with E-state index >= 15 is 0 Å². The molecule has 0 spiro atoms. The second kappa shape index (κ2) is 9.93. The van der Waals surface area contributed by atoms with E-state index in [0.29, 0.717) is 0 Å². The molecule has 0 N–H and O–H groups in total. The minimum absolute atomic E-state index is 1.19. The van der Waals surface area contributed by atoms with E-state index in [2.05, 4.69) is 80.8 Å². The van der Waals surface area contributed by atoms with Crippen LogP contribution in [0.3, 0.4) is 0 Å². The summed E-state index contributed by atoms with van der Waals surface area (Å²) in [5.74, 6) is 0. The van der Waals surface area contributed by atoms with Crippen molar-refractivity contribution in [3.05, 3.63) is 54.4 Å². The maximum atomic E-state index is 5.01. The van der Waals surface area contributed by atoms with Crippen LogP contribution in [0.15, 0.2) is 48.7 Å². The molecule has 0 amide bonds. The third-order valence-corrected chi connectivity index (χ3v) is 22.9. The fourth-order valence-corrected chi connectivity index (χ4v) is 22.4. The fourth-order valence-electron chi connectivity index (χ4n) is 5.60. The van der Waals surface area contributed by atoms with Crippen molar-refractivity contribution in [2.75, 3.05) is 0 Å². The molecule has 0 aliphatic heterocycles. The number of benzene rings is 2. The van der Waals surface area contributed by atoms with Gasteiger partial charge < -0.3 is 0 Å². The van der Waals surface area contributed by atoms with Crippen LogP contribution in [0.4, 0.5) is 0 Å². The third-order valence-electron chi connectivity index (χ3n) is 7.26. The summed E-state index contributed by atoms with van der Waals surface area (Å²) < 4.78 is 8.63. The van der Waals surface area contributed by atoms with Crippen molar-refractivity contribution >= 4 is 49.3 Å². The number of aromatic nitrogens is 2. The molecule has 0 bridgehead atoms. The second-order valence-electron chi connectivity index (χ2n) is 9.39. The van der Waals surface area contributed by atoms with Crippen LogP contribution in [0.5, 0.6) is 0 Å². The SMILES string of the molecule is CCC[CH2][Sn]([CH2]CCC)([CH2]CCC)[c]1cccc2c3ccccc3n3c(C)cnc3c12. The van der Waals surface area contributed by atoms with Crippen molar-refractivity contribution in [2.45, 2.75) is 79.5 Å². The van der Waals surface area contributed by atoms with Gasteiger partial charge in [-0.15, -0.1) is 0 Å². The molecule has 0 fully saturated rings. The van der Waals surface area contributed by atoms with Gasteiger partial charge in [0.15, 0.2) is 0 Å². The summed E-state index contributed by atoms with van der Waals surface area (Å²) in [7, 11) is 0. The summed E-state index contributed by atoms with van der Waals surface area (Å²) in [6.45, 7) is 9.29. The number of hydrogen-bond acceptors (Lipinski definition) is 1. The van der Waals surface area contributed by atoms with Crippen molar-refractivity contribution in [3.8, 4) is 0 Å². The Morgan fingerprint density at radius 2 is 1.39 bits per heavy atom. The number of aryl methyl sites for hydroxylation is 1. The Hall–Kier alpha value is -1.55. The number of rotatable bonds is 10. The maximum absolute atomic E-state index is 5.01. The molecule has 164 valence electrons. The van der Waals surface area contributed by atoms with E-state index in [4.69, 9.17) is 4.98 Å². The van der Waals surface area contributed by atoms with Crippen LogP contribution in [0.25, 0.3) is 27.3 Å². The molecule has 0 aliphatic carbocycles. The van der Waals surface area contributed by atoms with Gasteiger partial charge in [-0.25, -0.2) is 0 Å². The zero-order valence-electron chi connectivity index (χ0n) is 19.9. The topological polar surface area (TPSA) is 17.3 Å². The van der Waals surface area contributed by atoms with Crippen molar-refractivity contribution in [1.29, 1.82) is 0 Å². The van der Waals surface area contributed by atoms with E-state index in [1.165, 1.54) is 84.9 Å².